The lowest BCUT2D eigenvalue weighted by molar-refractivity contribution is 0.0514. The maximum absolute atomic E-state index is 13.2. The van der Waals surface area contributed by atoms with Crippen LogP contribution < -0.4 is 0 Å². The highest BCUT2D eigenvalue weighted by Crippen LogP contribution is 2.29. The molecule has 1 aliphatic rings. The summed E-state index contributed by atoms with van der Waals surface area (Å²) in [4.78, 5) is 31.0. The Morgan fingerprint density at radius 3 is 1.94 bits per heavy atom. The van der Waals surface area contributed by atoms with E-state index in [2.05, 4.69) is 5.16 Å². The van der Waals surface area contributed by atoms with Gasteiger partial charge in [-0.25, -0.2) is 13.2 Å². The van der Waals surface area contributed by atoms with Crippen LogP contribution in [-0.4, -0.2) is 25.9 Å². The number of hydrogen-bond acceptors (Lipinski definition) is 6. The molecule has 0 atom stereocenters. The predicted molar refractivity (Wildman–Crippen MR) is 129 cm³/mol. The summed E-state index contributed by atoms with van der Waals surface area (Å²) in [6.45, 7) is 0. The molecule has 6 nitrogen and oxygen atoms in total. The molecule has 0 saturated heterocycles. The quantitative estimate of drug-likeness (QED) is 0.186. The van der Waals surface area contributed by atoms with Crippen LogP contribution >= 0.6 is 0 Å². The molecular formula is C27H25NO5S. The number of Topliss-reactive ketones (excluding diaryl/α,β-unsaturated/α-hetero) is 1. The van der Waals surface area contributed by atoms with Gasteiger partial charge in [-0.15, -0.1) is 0 Å². The molecular weight excluding hydrogens is 450 g/mol. The van der Waals surface area contributed by atoms with Crippen LogP contribution in [0.2, 0.25) is 0 Å². The van der Waals surface area contributed by atoms with Crippen molar-refractivity contribution in [2.75, 3.05) is 0 Å². The molecule has 34 heavy (non-hydrogen) atoms. The molecule has 0 aliphatic heterocycles. The fourth-order valence-electron chi connectivity index (χ4n) is 4.07. The van der Waals surface area contributed by atoms with Gasteiger partial charge in [-0.2, -0.15) is 0 Å². The molecule has 3 aromatic rings. The zero-order valence-electron chi connectivity index (χ0n) is 18.6. The Kier molecular flexibility index (Phi) is 7.33. The zero-order valence-corrected chi connectivity index (χ0v) is 19.4. The molecule has 1 saturated carbocycles. The molecule has 3 aromatic carbocycles. The minimum absolute atomic E-state index is 0.0973. The lowest BCUT2D eigenvalue weighted by Crippen LogP contribution is -2.19. The van der Waals surface area contributed by atoms with Gasteiger partial charge in [0.05, 0.1) is 15.4 Å². The Balaban J connectivity index is 1.56. The SMILES string of the molecule is O=C(ON=C(CC1CCCC1)C(=O)c1ccc(S(=O)(=O)c2ccccc2)cc1)c1ccccc1. The molecule has 0 spiro atoms. The van der Waals surface area contributed by atoms with Gasteiger partial charge in [0, 0.05) is 5.56 Å². The van der Waals surface area contributed by atoms with Crippen LogP contribution in [0, 0.1) is 5.92 Å². The topological polar surface area (TPSA) is 89.9 Å². The number of carbonyl (C=O) groups excluding carboxylic acids is 2. The number of benzene rings is 3. The summed E-state index contributed by atoms with van der Waals surface area (Å²) in [6.07, 6.45) is 4.59. The van der Waals surface area contributed by atoms with Crippen molar-refractivity contribution < 1.29 is 22.8 Å². The third-order valence-corrected chi connectivity index (χ3v) is 7.73. The summed E-state index contributed by atoms with van der Waals surface area (Å²) in [5.41, 5.74) is 0.795. The molecule has 0 unspecified atom stereocenters. The average Bonchev–Trinajstić information content (AvgIpc) is 3.40. The van der Waals surface area contributed by atoms with Crippen molar-refractivity contribution >= 4 is 27.3 Å². The van der Waals surface area contributed by atoms with E-state index in [4.69, 9.17) is 4.84 Å². The van der Waals surface area contributed by atoms with Gasteiger partial charge in [0.25, 0.3) is 0 Å². The van der Waals surface area contributed by atoms with Gasteiger partial charge in [0.15, 0.2) is 0 Å². The van der Waals surface area contributed by atoms with Crippen molar-refractivity contribution in [3.8, 4) is 0 Å². The minimum Gasteiger partial charge on any atom is -0.312 e. The van der Waals surface area contributed by atoms with Gasteiger partial charge in [-0.05, 0) is 60.9 Å². The van der Waals surface area contributed by atoms with Gasteiger partial charge in [0.2, 0.25) is 15.6 Å². The van der Waals surface area contributed by atoms with Crippen LogP contribution in [-0.2, 0) is 14.7 Å². The first-order chi connectivity index (χ1) is 16.4. The fraction of sp³-hybridized carbons (Fsp3) is 0.222. The zero-order chi connectivity index (χ0) is 24.0. The molecule has 174 valence electrons. The summed E-state index contributed by atoms with van der Waals surface area (Å²) in [7, 11) is -3.68. The van der Waals surface area contributed by atoms with Crippen molar-refractivity contribution in [1.29, 1.82) is 0 Å². The van der Waals surface area contributed by atoms with Crippen molar-refractivity contribution in [3.63, 3.8) is 0 Å². The third-order valence-electron chi connectivity index (χ3n) is 5.95. The van der Waals surface area contributed by atoms with Crippen LogP contribution in [0.3, 0.4) is 0 Å². The summed E-state index contributed by atoms with van der Waals surface area (Å²) >= 11 is 0. The summed E-state index contributed by atoms with van der Waals surface area (Å²) in [5.74, 6) is -0.714. The lowest BCUT2D eigenvalue weighted by Gasteiger charge is -2.11. The maximum atomic E-state index is 13.2. The largest absolute Gasteiger partial charge is 0.365 e. The second kappa shape index (κ2) is 10.6. The first-order valence-electron chi connectivity index (χ1n) is 11.2. The number of ketones is 1. The Bertz CT molecular complexity index is 1280. The minimum atomic E-state index is -3.68. The van der Waals surface area contributed by atoms with Crippen LogP contribution in [0.4, 0.5) is 0 Å². The Morgan fingerprint density at radius 2 is 1.32 bits per heavy atom. The number of oxime groups is 1. The van der Waals surface area contributed by atoms with E-state index in [0.29, 0.717) is 23.5 Å². The van der Waals surface area contributed by atoms with Gasteiger partial charge in [0.1, 0.15) is 5.71 Å². The standard InChI is InChI=1S/C27H25NO5S/c29-26(21-15-17-24(18-16-21)34(31,32)23-13-5-2-6-14-23)25(19-20-9-7-8-10-20)28-33-27(30)22-11-3-1-4-12-22/h1-6,11-18,20H,7-10,19H2. The first kappa shape index (κ1) is 23.6. The van der Waals surface area contributed by atoms with E-state index >= 15 is 0 Å². The van der Waals surface area contributed by atoms with Gasteiger partial charge < -0.3 is 4.84 Å². The van der Waals surface area contributed by atoms with E-state index in [9.17, 15) is 18.0 Å². The summed E-state index contributed by atoms with van der Waals surface area (Å²) in [6, 6.07) is 22.4. The molecule has 0 bridgehead atoms. The third kappa shape index (κ3) is 5.48. The lowest BCUT2D eigenvalue weighted by atomic mass is 9.96. The van der Waals surface area contributed by atoms with E-state index in [1.807, 2.05) is 0 Å². The van der Waals surface area contributed by atoms with E-state index in [1.54, 1.807) is 48.5 Å². The van der Waals surface area contributed by atoms with Crippen molar-refractivity contribution in [3.05, 3.63) is 96.1 Å². The molecule has 0 N–H and O–H groups in total. The number of hydrogen-bond donors (Lipinski definition) is 0. The molecule has 4 rings (SSSR count). The van der Waals surface area contributed by atoms with Crippen LogP contribution in [0.5, 0.6) is 0 Å². The fourth-order valence-corrected chi connectivity index (χ4v) is 5.35. The van der Waals surface area contributed by atoms with Gasteiger partial charge >= 0.3 is 5.97 Å². The van der Waals surface area contributed by atoms with Crippen molar-refractivity contribution in [1.82, 2.24) is 0 Å². The van der Waals surface area contributed by atoms with Crippen molar-refractivity contribution in [2.45, 2.75) is 41.9 Å². The number of carbonyl (C=O) groups is 2. The highest BCUT2D eigenvalue weighted by Gasteiger charge is 2.24. The molecule has 0 radical (unpaired) electrons. The van der Waals surface area contributed by atoms with E-state index in [0.717, 1.165) is 25.7 Å². The van der Waals surface area contributed by atoms with Crippen LogP contribution in [0.15, 0.2) is 99.9 Å². The smallest absolute Gasteiger partial charge is 0.312 e. The normalized spacial score (nSPS) is 14.6. The first-order valence-corrected chi connectivity index (χ1v) is 12.7. The summed E-state index contributed by atoms with van der Waals surface area (Å²) in [5, 5.41) is 3.96. The van der Waals surface area contributed by atoms with Gasteiger partial charge in [-0.3, -0.25) is 4.79 Å². The Morgan fingerprint density at radius 1 is 0.765 bits per heavy atom. The van der Waals surface area contributed by atoms with Crippen LogP contribution in [0.1, 0.15) is 52.8 Å². The second-order valence-corrected chi connectivity index (χ2v) is 10.3. The Labute approximate surface area is 199 Å². The number of rotatable bonds is 8. The monoisotopic (exact) mass is 475 g/mol. The Hall–Kier alpha value is -3.58. The maximum Gasteiger partial charge on any atom is 0.365 e. The highest BCUT2D eigenvalue weighted by atomic mass is 32.2. The average molecular weight is 476 g/mol. The van der Waals surface area contributed by atoms with E-state index < -0.39 is 15.8 Å². The predicted octanol–water partition coefficient (Wildman–Crippen LogP) is 5.50. The number of nitrogens with zero attached hydrogens (tertiary/aromatic N) is 1. The molecule has 1 aliphatic carbocycles. The van der Waals surface area contributed by atoms with E-state index in [1.165, 1.54) is 36.4 Å². The molecule has 1 fully saturated rings. The van der Waals surface area contributed by atoms with Crippen molar-refractivity contribution in [2.24, 2.45) is 11.1 Å². The molecule has 0 aromatic heterocycles. The second-order valence-electron chi connectivity index (χ2n) is 8.31. The molecule has 0 heterocycles. The molecule has 7 heteroatoms. The van der Waals surface area contributed by atoms with E-state index in [-0.39, 0.29) is 21.3 Å². The summed E-state index contributed by atoms with van der Waals surface area (Å²) < 4.78 is 25.7. The molecule has 0 amide bonds. The van der Waals surface area contributed by atoms with Crippen LogP contribution in [0.25, 0.3) is 0 Å². The number of sulfone groups is 1. The highest BCUT2D eigenvalue weighted by molar-refractivity contribution is 7.91. The van der Waals surface area contributed by atoms with Gasteiger partial charge in [-0.1, -0.05) is 67.2 Å².